The van der Waals surface area contributed by atoms with E-state index in [1.54, 1.807) is 0 Å². The lowest BCUT2D eigenvalue weighted by molar-refractivity contribution is -0.109. The van der Waals surface area contributed by atoms with Crippen LogP contribution in [0.1, 0.15) is 12.0 Å². The highest BCUT2D eigenvalue weighted by Crippen LogP contribution is 2.40. The Hall–Kier alpha value is -0.860. The van der Waals surface area contributed by atoms with Gasteiger partial charge in [-0.2, -0.15) is 0 Å². The van der Waals surface area contributed by atoms with E-state index in [1.807, 2.05) is 0 Å². The van der Waals surface area contributed by atoms with Crippen molar-refractivity contribution in [3.8, 4) is 0 Å². The van der Waals surface area contributed by atoms with E-state index in [0.717, 1.165) is 19.6 Å². The summed E-state index contributed by atoms with van der Waals surface area (Å²) in [7, 11) is 0. The molecule has 2 aliphatic heterocycles. The average molecular weight is 203 g/mol. The van der Waals surface area contributed by atoms with Crippen LogP contribution in [0.3, 0.4) is 0 Å². The molecule has 1 saturated carbocycles. The van der Waals surface area contributed by atoms with Crippen LogP contribution in [0, 0.1) is 11.8 Å². The number of nitrogens with zero attached hydrogens (tertiary/aromatic N) is 1. The molecule has 2 nitrogen and oxygen atoms in total. The van der Waals surface area contributed by atoms with Crippen molar-refractivity contribution in [2.45, 2.75) is 19.1 Å². The number of benzene rings is 1. The summed E-state index contributed by atoms with van der Waals surface area (Å²) >= 11 is 0. The van der Waals surface area contributed by atoms with E-state index in [0.29, 0.717) is 11.8 Å². The number of fused-ring (bicyclic) bond motifs is 2. The smallest absolute Gasteiger partial charge is 0.0621 e. The molecular formula is C13H17NO. The summed E-state index contributed by atoms with van der Waals surface area (Å²) < 4.78 is 0. The van der Waals surface area contributed by atoms with Crippen molar-refractivity contribution in [3.63, 3.8) is 0 Å². The number of rotatable bonds is 2. The highest BCUT2D eigenvalue weighted by molar-refractivity contribution is 5.15. The summed E-state index contributed by atoms with van der Waals surface area (Å²) in [6, 6.07) is 10.6. The van der Waals surface area contributed by atoms with Crippen molar-refractivity contribution in [2.24, 2.45) is 11.8 Å². The molecule has 0 aromatic heterocycles. The predicted molar refractivity (Wildman–Crippen MR) is 59.3 cm³/mol. The third kappa shape index (κ3) is 1.68. The van der Waals surface area contributed by atoms with Crippen LogP contribution in [0.25, 0.3) is 0 Å². The zero-order valence-corrected chi connectivity index (χ0v) is 8.84. The minimum Gasteiger partial charge on any atom is -0.392 e. The maximum absolute atomic E-state index is 9.68. The lowest BCUT2D eigenvalue weighted by Crippen LogP contribution is -2.57. The van der Waals surface area contributed by atoms with Crippen molar-refractivity contribution in [3.05, 3.63) is 35.9 Å². The van der Waals surface area contributed by atoms with Crippen molar-refractivity contribution >= 4 is 0 Å². The molecule has 15 heavy (non-hydrogen) atoms. The summed E-state index contributed by atoms with van der Waals surface area (Å²) in [6.07, 6.45) is 1.24. The Balaban J connectivity index is 1.62. The second-order valence-electron chi connectivity index (χ2n) is 4.93. The van der Waals surface area contributed by atoms with Crippen LogP contribution in [-0.4, -0.2) is 29.2 Å². The van der Waals surface area contributed by atoms with E-state index in [2.05, 4.69) is 35.2 Å². The molecule has 0 spiro atoms. The number of piperidine rings is 2. The monoisotopic (exact) mass is 203 g/mol. The molecule has 2 heterocycles. The highest BCUT2D eigenvalue weighted by Gasteiger charge is 2.45. The Kier molecular flexibility index (Phi) is 2.26. The van der Waals surface area contributed by atoms with E-state index < -0.39 is 0 Å². The van der Waals surface area contributed by atoms with Gasteiger partial charge in [0, 0.05) is 19.6 Å². The standard InChI is InChI=1S/C13H17NO/c15-13-11-6-12(13)9-14(8-11)7-10-4-2-1-3-5-10/h1-5,11-13,15H,6-9H2/t11-,12-/m0/s1. The third-order valence-electron chi connectivity index (χ3n) is 3.81. The summed E-state index contributed by atoms with van der Waals surface area (Å²) in [6.45, 7) is 3.19. The average Bonchev–Trinajstić information content (AvgIpc) is 2.30. The van der Waals surface area contributed by atoms with E-state index in [-0.39, 0.29) is 6.10 Å². The minimum absolute atomic E-state index is 0.00276. The Morgan fingerprint density at radius 1 is 1.13 bits per heavy atom. The largest absolute Gasteiger partial charge is 0.392 e. The molecule has 0 unspecified atom stereocenters. The molecule has 1 aliphatic carbocycles. The molecule has 3 fully saturated rings. The third-order valence-corrected chi connectivity index (χ3v) is 3.81. The lowest BCUT2D eigenvalue weighted by atomic mass is 9.68. The normalized spacial score (nSPS) is 34.9. The van der Waals surface area contributed by atoms with Gasteiger partial charge in [-0.25, -0.2) is 0 Å². The summed E-state index contributed by atoms with van der Waals surface area (Å²) in [4.78, 5) is 2.47. The number of aliphatic hydroxyl groups is 1. The minimum atomic E-state index is -0.00276. The van der Waals surface area contributed by atoms with Gasteiger partial charge in [-0.15, -0.1) is 0 Å². The molecule has 0 radical (unpaired) electrons. The predicted octanol–water partition coefficient (Wildman–Crippen LogP) is 1.50. The molecule has 0 amide bonds. The molecule has 1 aromatic rings. The molecule has 2 bridgehead atoms. The Bertz CT molecular complexity index is 326. The second-order valence-corrected chi connectivity index (χ2v) is 4.93. The van der Waals surface area contributed by atoms with Gasteiger partial charge in [-0.1, -0.05) is 30.3 Å². The molecule has 2 heteroatoms. The van der Waals surface area contributed by atoms with Crippen LogP contribution in [0.4, 0.5) is 0 Å². The lowest BCUT2D eigenvalue weighted by Gasteiger charge is -2.51. The van der Waals surface area contributed by atoms with E-state index in [9.17, 15) is 5.11 Å². The van der Waals surface area contributed by atoms with E-state index in [1.165, 1.54) is 12.0 Å². The topological polar surface area (TPSA) is 23.5 Å². The summed E-state index contributed by atoms with van der Waals surface area (Å²) in [5, 5.41) is 9.68. The fraction of sp³-hybridized carbons (Fsp3) is 0.538. The van der Waals surface area contributed by atoms with Gasteiger partial charge in [0.1, 0.15) is 0 Å². The first kappa shape index (κ1) is 9.37. The molecule has 4 rings (SSSR count). The van der Waals surface area contributed by atoms with Crippen molar-refractivity contribution < 1.29 is 5.11 Å². The van der Waals surface area contributed by atoms with Gasteiger partial charge in [0.15, 0.2) is 0 Å². The van der Waals surface area contributed by atoms with Gasteiger partial charge in [-0.3, -0.25) is 4.90 Å². The first-order valence-corrected chi connectivity index (χ1v) is 5.77. The van der Waals surface area contributed by atoms with Gasteiger partial charge < -0.3 is 5.11 Å². The Labute approximate surface area is 90.5 Å². The van der Waals surface area contributed by atoms with Crippen molar-refractivity contribution in [1.82, 2.24) is 4.90 Å². The van der Waals surface area contributed by atoms with Crippen molar-refractivity contribution in [2.75, 3.05) is 13.1 Å². The molecule has 1 aromatic carbocycles. The van der Waals surface area contributed by atoms with E-state index >= 15 is 0 Å². The van der Waals surface area contributed by atoms with Gasteiger partial charge in [-0.05, 0) is 23.8 Å². The number of hydrogen-bond acceptors (Lipinski definition) is 2. The van der Waals surface area contributed by atoms with Crippen molar-refractivity contribution in [1.29, 1.82) is 0 Å². The first-order valence-electron chi connectivity index (χ1n) is 5.77. The van der Waals surface area contributed by atoms with Crippen LogP contribution in [0.5, 0.6) is 0 Å². The van der Waals surface area contributed by atoms with Gasteiger partial charge >= 0.3 is 0 Å². The van der Waals surface area contributed by atoms with Crippen LogP contribution < -0.4 is 0 Å². The van der Waals surface area contributed by atoms with Crippen LogP contribution >= 0.6 is 0 Å². The van der Waals surface area contributed by atoms with Crippen LogP contribution in [0.2, 0.25) is 0 Å². The molecular weight excluding hydrogens is 186 g/mol. The van der Waals surface area contributed by atoms with Gasteiger partial charge in [0.05, 0.1) is 6.10 Å². The first-order chi connectivity index (χ1) is 7.33. The van der Waals surface area contributed by atoms with Gasteiger partial charge in [0.2, 0.25) is 0 Å². The molecule has 80 valence electrons. The fourth-order valence-corrected chi connectivity index (χ4v) is 2.93. The Morgan fingerprint density at radius 3 is 2.40 bits per heavy atom. The maximum atomic E-state index is 9.68. The molecule has 1 N–H and O–H groups in total. The van der Waals surface area contributed by atoms with Crippen LogP contribution in [-0.2, 0) is 6.54 Å². The maximum Gasteiger partial charge on any atom is 0.0621 e. The number of hydrogen-bond donors (Lipinski definition) is 1. The summed E-state index contributed by atoms with van der Waals surface area (Å²) in [5.74, 6) is 1.10. The summed E-state index contributed by atoms with van der Waals surface area (Å²) in [5.41, 5.74) is 1.38. The van der Waals surface area contributed by atoms with Crippen LogP contribution in [0.15, 0.2) is 30.3 Å². The van der Waals surface area contributed by atoms with Gasteiger partial charge in [0.25, 0.3) is 0 Å². The number of aliphatic hydroxyl groups excluding tert-OH is 1. The quantitative estimate of drug-likeness (QED) is 0.787. The Morgan fingerprint density at radius 2 is 1.80 bits per heavy atom. The SMILES string of the molecule is OC1[C@H]2C[C@H]1CN(Cc1ccccc1)C2. The fourth-order valence-electron chi connectivity index (χ4n) is 2.93. The second kappa shape index (κ2) is 3.62. The molecule has 2 atom stereocenters. The zero-order valence-electron chi connectivity index (χ0n) is 8.84. The highest BCUT2D eigenvalue weighted by atomic mass is 16.3. The molecule has 3 aliphatic rings. The zero-order chi connectivity index (χ0) is 10.3. The molecule has 2 saturated heterocycles. The van der Waals surface area contributed by atoms with E-state index in [4.69, 9.17) is 0 Å².